The molecule has 0 aliphatic heterocycles. The van der Waals surface area contributed by atoms with Crippen molar-refractivity contribution in [2.75, 3.05) is 11.9 Å². The predicted molar refractivity (Wildman–Crippen MR) is 124 cm³/mol. The van der Waals surface area contributed by atoms with Gasteiger partial charge in [0, 0.05) is 32.2 Å². The summed E-state index contributed by atoms with van der Waals surface area (Å²) in [6.07, 6.45) is 0. The van der Waals surface area contributed by atoms with E-state index in [0.29, 0.717) is 21.5 Å². The van der Waals surface area contributed by atoms with E-state index in [2.05, 4.69) is 5.32 Å². The molecule has 0 radical (unpaired) electrons. The molecule has 0 aliphatic carbocycles. The molecular formula is C23H16Cl2N2O2S. The Morgan fingerprint density at radius 1 is 0.933 bits per heavy atom. The Kier molecular flexibility index (Phi) is 6.33. The molecule has 4 aromatic rings. The summed E-state index contributed by atoms with van der Waals surface area (Å²) in [5.74, 6) is 0.336. The van der Waals surface area contributed by atoms with Crippen molar-refractivity contribution in [2.24, 2.45) is 0 Å². The van der Waals surface area contributed by atoms with Crippen LogP contribution in [0.2, 0.25) is 10.0 Å². The number of hydrogen-bond acceptors (Lipinski definition) is 4. The van der Waals surface area contributed by atoms with E-state index in [0.717, 1.165) is 21.8 Å². The normalized spacial score (nSPS) is 10.6. The van der Waals surface area contributed by atoms with Crippen LogP contribution in [-0.4, -0.2) is 17.5 Å². The molecule has 1 aromatic heterocycles. The Morgan fingerprint density at radius 2 is 1.63 bits per heavy atom. The number of nitrogens with zero attached hydrogens (tertiary/aromatic N) is 1. The number of halogens is 2. The van der Waals surface area contributed by atoms with Gasteiger partial charge >= 0.3 is 0 Å². The molecule has 1 N–H and O–H groups in total. The number of nitrogens with one attached hydrogen (secondary N) is 1. The van der Waals surface area contributed by atoms with Crippen LogP contribution in [-0.2, 0) is 4.79 Å². The first-order chi connectivity index (χ1) is 14.6. The monoisotopic (exact) mass is 454 g/mol. The van der Waals surface area contributed by atoms with Crippen LogP contribution in [0.4, 0.5) is 5.69 Å². The average Bonchev–Trinajstić information content (AvgIpc) is 3.24. The molecule has 1 amide bonds. The molecule has 0 unspecified atom stereocenters. The molecule has 0 spiro atoms. The van der Waals surface area contributed by atoms with Crippen molar-refractivity contribution >= 4 is 46.1 Å². The minimum Gasteiger partial charge on any atom is -0.484 e. The predicted octanol–water partition coefficient (Wildman–Crippen LogP) is 6.80. The summed E-state index contributed by atoms with van der Waals surface area (Å²) in [7, 11) is 0. The number of benzene rings is 3. The van der Waals surface area contributed by atoms with Crippen molar-refractivity contribution in [3.8, 4) is 27.6 Å². The molecule has 3 aromatic carbocycles. The maximum Gasteiger partial charge on any atom is 0.262 e. The lowest BCUT2D eigenvalue weighted by Gasteiger charge is -2.08. The van der Waals surface area contributed by atoms with Gasteiger partial charge in [0.2, 0.25) is 0 Å². The highest BCUT2D eigenvalue weighted by molar-refractivity contribution is 7.13. The highest BCUT2D eigenvalue weighted by atomic mass is 35.5. The summed E-state index contributed by atoms with van der Waals surface area (Å²) < 4.78 is 5.48. The standard InChI is InChI=1S/C23H16Cl2N2O2S/c24-17-6-4-15(5-7-17)23-27-21(14-30-23)16-2-1-3-19(12-16)26-22(28)13-29-20-10-8-18(25)9-11-20/h1-12,14H,13H2,(H,26,28). The lowest BCUT2D eigenvalue weighted by Crippen LogP contribution is -2.20. The Bertz CT molecular complexity index is 1160. The summed E-state index contributed by atoms with van der Waals surface area (Å²) in [5, 5.41) is 7.06. The molecule has 4 rings (SSSR count). The van der Waals surface area contributed by atoms with E-state index in [1.54, 1.807) is 35.6 Å². The second-order valence-corrected chi connectivity index (χ2v) is 8.15. The van der Waals surface area contributed by atoms with Gasteiger partial charge in [-0.1, -0.05) is 47.5 Å². The fraction of sp³-hybridized carbons (Fsp3) is 0.0435. The first-order valence-corrected chi connectivity index (χ1v) is 10.7. The number of ether oxygens (including phenoxy) is 1. The van der Waals surface area contributed by atoms with Gasteiger partial charge in [0.15, 0.2) is 6.61 Å². The van der Waals surface area contributed by atoms with E-state index in [1.807, 2.05) is 53.9 Å². The van der Waals surface area contributed by atoms with Crippen molar-refractivity contribution in [1.82, 2.24) is 4.98 Å². The number of hydrogen-bond donors (Lipinski definition) is 1. The van der Waals surface area contributed by atoms with Crippen LogP contribution in [0.15, 0.2) is 78.2 Å². The van der Waals surface area contributed by atoms with Gasteiger partial charge in [-0.2, -0.15) is 0 Å². The quantitative estimate of drug-likeness (QED) is 0.348. The smallest absolute Gasteiger partial charge is 0.262 e. The molecule has 150 valence electrons. The van der Waals surface area contributed by atoms with E-state index in [9.17, 15) is 4.79 Å². The fourth-order valence-electron chi connectivity index (χ4n) is 2.76. The van der Waals surface area contributed by atoms with Gasteiger partial charge in [0.05, 0.1) is 5.69 Å². The highest BCUT2D eigenvalue weighted by Crippen LogP contribution is 2.30. The van der Waals surface area contributed by atoms with Crippen molar-refractivity contribution < 1.29 is 9.53 Å². The molecule has 30 heavy (non-hydrogen) atoms. The molecule has 0 saturated heterocycles. The van der Waals surface area contributed by atoms with E-state index < -0.39 is 0 Å². The molecule has 0 aliphatic rings. The van der Waals surface area contributed by atoms with Gasteiger partial charge in [-0.3, -0.25) is 4.79 Å². The molecule has 0 fully saturated rings. The number of carbonyl (C=O) groups excluding carboxylic acids is 1. The van der Waals surface area contributed by atoms with Gasteiger partial charge in [-0.15, -0.1) is 11.3 Å². The molecular weight excluding hydrogens is 439 g/mol. The zero-order valence-corrected chi connectivity index (χ0v) is 18.0. The number of rotatable bonds is 6. The Labute approximate surface area is 188 Å². The van der Waals surface area contributed by atoms with Crippen molar-refractivity contribution in [2.45, 2.75) is 0 Å². The third kappa shape index (κ3) is 5.19. The van der Waals surface area contributed by atoms with E-state index >= 15 is 0 Å². The molecule has 1 heterocycles. The summed E-state index contributed by atoms with van der Waals surface area (Å²) in [4.78, 5) is 16.9. The average molecular weight is 455 g/mol. The second-order valence-electron chi connectivity index (χ2n) is 6.42. The maximum atomic E-state index is 12.2. The SMILES string of the molecule is O=C(COc1ccc(Cl)cc1)Nc1cccc(-c2csc(-c3ccc(Cl)cc3)n2)c1. The van der Waals surface area contributed by atoms with Crippen LogP contribution in [0.25, 0.3) is 21.8 Å². The number of anilines is 1. The zero-order valence-electron chi connectivity index (χ0n) is 15.6. The first kappa shape index (κ1) is 20.4. The van der Waals surface area contributed by atoms with Gasteiger partial charge in [-0.05, 0) is 48.5 Å². The fourth-order valence-corrected chi connectivity index (χ4v) is 3.85. The summed E-state index contributed by atoms with van der Waals surface area (Å²) in [6.45, 7) is -0.0940. The Hall–Kier alpha value is -2.86. The van der Waals surface area contributed by atoms with Crippen LogP contribution in [0.1, 0.15) is 0 Å². The molecule has 0 atom stereocenters. The van der Waals surface area contributed by atoms with Gasteiger partial charge in [0.25, 0.3) is 5.91 Å². The largest absolute Gasteiger partial charge is 0.484 e. The Morgan fingerprint density at radius 3 is 2.37 bits per heavy atom. The molecule has 7 heteroatoms. The third-order valence-corrected chi connectivity index (χ3v) is 5.62. The minimum atomic E-state index is -0.248. The van der Waals surface area contributed by atoms with Crippen LogP contribution >= 0.6 is 34.5 Å². The molecule has 4 nitrogen and oxygen atoms in total. The van der Waals surface area contributed by atoms with Crippen molar-refractivity contribution in [1.29, 1.82) is 0 Å². The minimum absolute atomic E-state index is 0.0940. The topological polar surface area (TPSA) is 51.2 Å². The van der Waals surface area contributed by atoms with Gasteiger partial charge in [-0.25, -0.2) is 4.98 Å². The number of carbonyl (C=O) groups is 1. The third-order valence-electron chi connectivity index (χ3n) is 4.22. The summed E-state index contributed by atoms with van der Waals surface area (Å²) in [6, 6.07) is 22.0. The van der Waals surface area contributed by atoms with Crippen LogP contribution < -0.4 is 10.1 Å². The zero-order chi connectivity index (χ0) is 20.9. The van der Waals surface area contributed by atoms with E-state index in [1.165, 1.54) is 0 Å². The van der Waals surface area contributed by atoms with Gasteiger partial charge in [0.1, 0.15) is 10.8 Å². The van der Waals surface area contributed by atoms with Crippen molar-refractivity contribution in [3.63, 3.8) is 0 Å². The van der Waals surface area contributed by atoms with Crippen molar-refractivity contribution in [3.05, 3.63) is 88.2 Å². The van der Waals surface area contributed by atoms with Crippen LogP contribution in [0.3, 0.4) is 0 Å². The Balaban J connectivity index is 1.42. The summed E-state index contributed by atoms with van der Waals surface area (Å²) >= 11 is 13.4. The number of thiazole rings is 1. The van der Waals surface area contributed by atoms with E-state index in [-0.39, 0.29) is 12.5 Å². The second kappa shape index (κ2) is 9.30. The highest BCUT2D eigenvalue weighted by Gasteiger charge is 2.09. The van der Waals surface area contributed by atoms with Gasteiger partial charge < -0.3 is 10.1 Å². The van der Waals surface area contributed by atoms with E-state index in [4.69, 9.17) is 32.9 Å². The maximum absolute atomic E-state index is 12.2. The summed E-state index contributed by atoms with van der Waals surface area (Å²) in [5.41, 5.74) is 3.46. The van der Waals surface area contributed by atoms with Crippen LogP contribution in [0, 0.1) is 0 Å². The molecule has 0 saturated carbocycles. The molecule has 0 bridgehead atoms. The lowest BCUT2D eigenvalue weighted by molar-refractivity contribution is -0.118. The lowest BCUT2D eigenvalue weighted by atomic mass is 10.1. The first-order valence-electron chi connectivity index (χ1n) is 9.07. The van der Waals surface area contributed by atoms with Crippen LogP contribution in [0.5, 0.6) is 5.75 Å². The number of amides is 1. The number of aromatic nitrogens is 1.